The van der Waals surface area contributed by atoms with Crippen molar-refractivity contribution in [2.45, 2.75) is 38.9 Å². The molecule has 0 atom stereocenters. The maximum atomic E-state index is 6.07. The SMILES string of the molecule is CC(C)(C)[Si](C)(C)OCCOc1ccc2[nH]c(=S)oc2c1. The van der Waals surface area contributed by atoms with Crippen LogP contribution in [0.4, 0.5) is 0 Å². The number of nitrogens with one attached hydrogen (secondary N) is 1. The van der Waals surface area contributed by atoms with E-state index in [9.17, 15) is 0 Å². The third kappa shape index (κ3) is 3.96. The molecule has 0 aliphatic rings. The van der Waals surface area contributed by atoms with Crippen LogP contribution in [-0.4, -0.2) is 26.5 Å². The first-order valence-electron chi connectivity index (χ1n) is 7.09. The molecule has 1 aromatic carbocycles. The van der Waals surface area contributed by atoms with Crippen LogP contribution in [0.25, 0.3) is 11.1 Å². The van der Waals surface area contributed by atoms with Crippen LogP contribution in [0.5, 0.6) is 5.75 Å². The zero-order valence-corrected chi connectivity index (χ0v) is 15.1. The summed E-state index contributed by atoms with van der Waals surface area (Å²) in [6, 6.07) is 5.64. The molecule has 0 saturated carbocycles. The van der Waals surface area contributed by atoms with Crippen LogP contribution in [0.2, 0.25) is 18.1 Å². The Morgan fingerprint density at radius 3 is 2.62 bits per heavy atom. The number of hydrogen-bond acceptors (Lipinski definition) is 4. The van der Waals surface area contributed by atoms with E-state index in [4.69, 9.17) is 25.8 Å². The Bertz CT molecular complexity index is 669. The van der Waals surface area contributed by atoms with Gasteiger partial charge >= 0.3 is 0 Å². The van der Waals surface area contributed by atoms with E-state index in [1.807, 2.05) is 18.2 Å². The molecule has 21 heavy (non-hydrogen) atoms. The van der Waals surface area contributed by atoms with Gasteiger partial charge in [0.05, 0.1) is 12.1 Å². The lowest BCUT2D eigenvalue weighted by Crippen LogP contribution is -2.41. The van der Waals surface area contributed by atoms with Gasteiger partial charge in [-0.25, -0.2) is 0 Å². The highest BCUT2D eigenvalue weighted by Crippen LogP contribution is 2.36. The molecule has 4 nitrogen and oxygen atoms in total. The van der Waals surface area contributed by atoms with Crippen molar-refractivity contribution in [3.8, 4) is 5.75 Å². The summed E-state index contributed by atoms with van der Waals surface area (Å²) in [4.78, 5) is 3.34. The molecule has 2 rings (SSSR count). The Labute approximate surface area is 131 Å². The summed E-state index contributed by atoms with van der Waals surface area (Å²) in [6.45, 7) is 12.3. The molecule has 0 amide bonds. The maximum Gasteiger partial charge on any atom is 0.266 e. The van der Waals surface area contributed by atoms with Gasteiger partial charge in [0, 0.05) is 6.07 Å². The number of hydrogen-bond donors (Lipinski definition) is 1. The standard InChI is InChI=1S/C15H23NO3SSi/c1-15(2,3)21(4,5)18-9-8-17-11-6-7-12-13(10-11)19-14(20)16-12/h6-7,10H,8-9H2,1-5H3,(H,16,20). The van der Waals surface area contributed by atoms with Crippen molar-refractivity contribution < 1.29 is 13.6 Å². The lowest BCUT2D eigenvalue weighted by Gasteiger charge is -2.36. The summed E-state index contributed by atoms with van der Waals surface area (Å²) in [5, 5.41) is 0.218. The topological polar surface area (TPSA) is 47.4 Å². The number of H-pyrrole nitrogens is 1. The number of aromatic amines is 1. The van der Waals surface area contributed by atoms with Crippen molar-refractivity contribution in [2.24, 2.45) is 0 Å². The molecule has 0 aliphatic carbocycles. The number of aromatic nitrogens is 1. The lowest BCUT2D eigenvalue weighted by molar-refractivity contribution is 0.203. The monoisotopic (exact) mass is 325 g/mol. The number of ether oxygens (including phenoxy) is 1. The van der Waals surface area contributed by atoms with Crippen molar-refractivity contribution in [1.82, 2.24) is 4.98 Å². The van der Waals surface area contributed by atoms with E-state index in [2.05, 4.69) is 38.8 Å². The average Bonchev–Trinajstić information content (AvgIpc) is 2.72. The second kappa shape index (κ2) is 5.94. The first kappa shape index (κ1) is 16.3. The highest BCUT2D eigenvalue weighted by Gasteiger charge is 2.36. The second-order valence-electron chi connectivity index (χ2n) is 6.63. The van der Waals surface area contributed by atoms with Crippen LogP contribution < -0.4 is 4.74 Å². The van der Waals surface area contributed by atoms with E-state index < -0.39 is 8.32 Å². The van der Waals surface area contributed by atoms with Gasteiger partial charge in [0.25, 0.3) is 4.84 Å². The number of fused-ring (bicyclic) bond motifs is 1. The highest BCUT2D eigenvalue weighted by molar-refractivity contribution is 7.71. The minimum absolute atomic E-state index is 0.218. The fourth-order valence-electron chi connectivity index (χ4n) is 1.69. The van der Waals surface area contributed by atoms with Crippen LogP contribution >= 0.6 is 12.2 Å². The summed E-state index contributed by atoms with van der Waals surface area (Å²) in [5.41, 5.74) is 1.59. The van der Waals surface area contributed by atoms with E-state index >= 15 is 0 Å². The van der Waals surface area contributed by atoms with E-state index in [1.165, 1.54) is 0 Å². The molecule has 0 radical (unpaired) electrons. The maximum absolute atomic E-state index is 6.07. The Balaban J connectivity index is 1.89. The van der Waals surface area contributed by atoms with Crippen LogP contribution in [0.3, 0.4) is 0 Å². The smallest absolute Gasteiger partial charge is 0.266 e. The van der Waals surface area contributed by atoms with E-state index in [1.54, 1.807) is 0 Å². The van der Waals surface area contributed by atoms with Gasteiger partial charge in [-0.15, -0.1) is 0 Å². The Morgan fingerprint density at radius 1 is 1.24 bits per heavy atom. The van der Waals surface area contributed by atoms with Crippen LogP contribution in [-0.2, 0) is 4.43 Å². The minimum atomic E-state index is -1.70. The third-order valence-corrected chi connectivity index (χ3v) is 8.74. The highest BCUT2D eigenvalue weighted by atomic mass is 32.1. The van der Waals surface area contributed by atoms with Crippen molar-refractivity contribution >= 4 is 31.6 Å². The van der Waals surface area contributed by atoms with Gasteiger partial charge in [0.15, 0.2) is 13.9 Å². The van der Waals surface area contributed by atoms with Gasteiger partial charge in [-0.2, -0.15) is 0 Å². The first-order chi connectivity index (χ1) is 9.69. The predicted octanol–water partition coefficient (Wildman–Crippen LogP) is 4.89. The number of benzene rings is 1. The van der Waals surface area contributed by atoms with Gasteiger partial charge in [-0.1, -0.05) is 20.8 Å². The molecule has 116 valence electrons. The second-order valence-corrected chi connectivity index (χ2v) is 11.8. The molecule has 1 heterocycles. The van der Waals surface area contributed by atoms with Gasteiger partial charge in [-0.05, 0) is 42.5 Å². The zero-order chi connectivity index (χ0) is 15.7. The fourth-order valence-corrected chi connectivity index (χ4v) is 2.91. The fraction of sp³-hybridized carbons (Fsp3) is 0.533. The van der Waals surface area contributed by atoms with Crippen LogP contribution in [0.1, 0.15) is 20.8 Å². The molecule has 1 aromatic heterocycles. The molecule has 0 fully saturated rings. The Morgan fingerprint density at radius 2 is 1.95 bits per heavy atom. The molecule has 0 spiro atoms. The molecule has 2 aromatic rings. The van der Waals surface area contributed by atoms with Crippen molar-refractivity contribution in [3.05, 3.63) is 23.0 Å². The average molecular weight is 326 g/mol. The molecular weight excluding hydrogens is 302 g/mol. The normalized spacial score (nSPS) is 12.8. The molecule has 1 N–H and O–H groups in total. The van der Waals surface area contributed by atoms with Crippen molar-refractivity contribution in [2.75, 3.05) is 13.2 Å². The Kier molecular flexibility index (Phi) is 4.60. The van der Waals surface area contributed by atoms with Gasteiger partial charge < -0.3 is 18.6 Å². The van der Waals surface area contributed by atoms with Gasteiger partial charge in [0.1, 0.15) is 12.4 Å². The van der Waals surface area contributed by atoms with Crippen LogP contribution in [0.15, 0.2) is 22.6 Å². The summed E-state index contributed by atoms with van der Waals surface area (Å²) in [6.07, 6.45) is 0. The largest absolute Gasteiger partial charge is 0.491 e. The Hall–Kier alpha value is -1.11. The van der Waals surface area contributed by atoms with Gasteiger partial charge in [-0.3, -0.25) is 0 Å². The third-order valence-electron chi connectivity index (χ3n) is 4.01. The summed E-state index contributed by atoms with van der Waals surface area (Å²) < 4.78 is 17.2. The zero-order valence-electron chi connectivity index (χ0n) is 13.3. The molecule has 6 heteroatoms. The minimum Gasteiger partial charge on any atom is -0.491 e. The molecule has 0 aliphatic heterocycles. The molecule has 0 saturated heterocycles. The van der Waals surface area contributed by atoms with Crippen molar-refractivity contribution in [3.63, 3.8) is 0 Å². The quantitative estimate of drug-likeness (QED) is 0.483. The first-order valence-corrected chi connectivity index (χ1v) is 10.4. The van der Waals surface area contributed by atoms with Crippen molar-refractivity contribution in [1.29, 1.82) is 0 Å². The van der Waals surface area contributed by atoms with E-state index in [-0.39, 0.29) is 5.04 Å². The molecular formula is C15H23NO3SSi. The number of rotatable bonds is 5. The summed E-state index contributed by atoms with van der Waals surface area (Å²) in [7, 11) is -1.70. The van der Waals surface area contributed by atoms with E-state index in [0.717, 1.165) is 11.3 Å². The lowest BCUT2D eigenvalue weighted by atomic mass is 10.2. The van der Waals surface area contributed by atoms with E-state index in [0.29, 0.717) is 23.6 Å². The van der Waals surface area contributed by atoms with Crippen LogP contribution in [0, 0.1) is 4.84 Å². The van der Waals surface area contributed by atoms with Gasteiger partial charge in [0.2, 0.25) is 0 Å². The molecule has 0 unspecified atom stereocenters. The summed E-state index contributed by atoms with van der Waals surface area (Å²) >= 11 is 4.96. The molecule has 0 bridgehead atoms. The predicted molar refractivity (Wildman–Crippen MR) is 90.0 cm³/mol. The summed E-state index contributed by atoms with van der Waals surface area (Å²) in [5.74, 6) is 0.763. The number of oxazole rings is 1.